The van der Waals surface area contributed by atoms with E-state index in [0.717, 1.165) is 57.7 Å². The molecule has 5 heteroatoms. The quantitative estimate of drug-likeness (QED) is 0.369. The lowest BCUT2D eigenvalue weighted by molar-refractivity contribution is 0.129. The third-order valence-electron chi connectivity index (χ3n) is 4.26. The summed E-state index contributed by atoms with van der Waals surface area (Å²) in [6.07, 6.45) is 7.44. The van der Waals surface area contributed by atoms with Gasteiger partial charge in [0.05, 0.1) is 0 Å². The van der Waals surface area contributed by atoms with Crippen molar-refractivity contribution >= 4 is 5.96 Å². The summed E-state index contributed by atoms with van der Waals surface area (Å²) in [5.41, 5.74) is 0. The topological polar surface area (TPSA) is 48.9 Å². The Kier molecular flexibility index (Phi) is 11.1. The minimum atomic E-state index is 0.728. The molecule has 1 atom stereocenters. The molecule has 1 unspecified atom stereocenters. The van der Waals surface area contributed by atoms with Gasteiger partial charge in [-0.2, -0.15) is 0 Å². The predicted octanol–water partition coefficient (Wildman–Crippen LogP) is 2.23. The Bertz CT molecular complexity index is 296. The molecule has 1 aliphatic rings. The second-order valence-corrected chi connectivity index (χ2v) is 6.13. The molecule has 130 valence electrons. The maximum Gasteiger partial charge on any atom is 0.191 e. The van der Waals surface area contributed by atoms with Crippen LogP contribution in [0.3, 0.4) is 0 Å². The molecule has 1 heterocycles. The molecule has 0 saturated carbocycles. The molecule has 5 nitrogen and oxygen atoms in total. The van der Waals surface area contributed by atoms with Gasteiger partial charge in [-0.1, -0.05) is 19.8 Å². The van der Waals surface area contributed by atoms with Crippen LogP contribution in [0.2, 0.25) is 0 Å². The summed E-state index contributed by atoms with van der Waals surface area (Å²) < 4.78 is 5.55. The van der Waals surface area contributed by atoms with E-state index in [2.05, 4.69) is 34.4 Å². The van der Waals surface area contributed by atoms with E-state index in [9.17, 15) is 0 Å². The summed E-state index contributed by atoms with van der Waals surface area (Å²) in [7, 11) is 1.83. The number of piperidine rings is 1. The Hall–Kier alpha value is -0.810. The van der Waals surface area contributed by atoms with E-state index in [-0.39, 0.29) is 0 Å². The number of guanidine groups is 1. The lowest BCUT2D eigenvalue weighted by Crippen LogP contribution is -2.45. The molecule has 0 aliphatic carbocycles. The van der Waals surface area contributed by atoms with Gasteiger partial charge in [-0.3, -0.25) is 9.89 Å². The van der Waals surface area contributed by atoms with Gasteiger partial charge in [0.15, 0.2) is 5.96 Å². The molecule has 0 aromatic carbocycles. The Morgan fingerprint density at radius 2 is 1.95 bits per heavy atom. The first-order valence-corrected chi connectivity index (χ1v) is 9.04. The number of rotatable bonds is 10. The van der Waals surface area contributed by atoms with E-state index in [1.807, 2.05) is 7.05 Å². The fourth-order valence-corrected chi connectivity index (χ4v) is 2.76. The van der Waals surface area contributed by atoms with Crippen molar-refractivity contribution in [2.45, 2.75) is 58.4 Å². The van der Waals surface area contributed by atoms with Crippen LogP contribution in [0.25, 0.3) is 0 Å². The van der Waals surface area contributed by atoms with Crippen molar-refractivity contribution in [2.75, 3.05) is 46.4 Å². The van der Waals surface area contributed by atoms with E-state index >= 15 is 0 Å². The largest absolute Gasteiger partial charge is 0.381 e. The van der Waals surface area contributed by atoms with E-state index in [1.54, 1.807) is 0 Å². The molecule has 0 aromatic rings. The molecule has 22 heavy (non-hydrogen) atoms. The van der Waals surface area contributed by atoms with Crippen molar-refractivity contribution in [1.82, 2.24) is 15.5 Å². The first-order chi connectivity index (χ1) is 10.8. The van der Waals surface area contributed by atoms with Crippen molar-refractivity contribution in [3.8, 4) is 0 Å². The highest BCUT2D eigenvalue weighted by Crippen LogP contribution is 2.15. The van der Waals surface area contributed by atoms with Crippen LogP contribution in [0.1, 0.15) is 52.4 Å². The van der Waals surface area contributed by atoms with Crippen molar-refractivity contribution in [3.63, 3.8) is 0 Å². The third-order valence-corrected chi connectivity index (χ3v) is 4.26. The Labute approximate surface area is 136 Å². The number of hydrogen-bond acceptors (Lipinski definition) is 3. The Morgan fingerprint density at radius 3 is 2.68 bits per heavy atom. The summed E-state index contributed by atoms with van der Waals surface area (Å²) in [6, 6.07) is 0.728. The monoisotopic (exact) mass is 312 g/mol. The molecule has 0 radical (unpaired) electrons. The van der Waals surface area contributed by atoms with E-state index in [1.165, 1.54) is 32.2 Å². The number of unbranched alkanes of at least 4 members (excludes halogenated alkanes) is 1. The van der Waals surface area contributed by atoms with Crippen LogP contribution in [0.15, 0.2) is 4.99 Å². The van der Waals surface area contributed by atoms with Gasteiger partial charge in [-0.25, -0.2) is 0 Å². The van der Waals surface area contributed by atoms with Gasteiger partial charge < -0.3 is 15.4 Å². The van der Waals surface area contributed by atoms with E-state index in [0.29, 0.717) is 0 Å². The number of nitrogens with one attached hydrogen (secondary N) is 2. The smallest absolute Gasteiger partial charge is 0.191 e. The first kappa shape index (κ1) is 19.2. The third kappa shape index (κ3) is 8.59. The highest BCUT2D eigenvalue weighted by Gasteiger charge is 2.17. The normalized spacial score (nSPS) is 20.1. The summed E-state index contributed by atoms with van der Waals surface area (Å²) in [5, 5.41) is 6.75. The van der Waals surface area contributed by atoms with Gasteiger partial charge in [0.1, 0.15) is 0 Å². The van der Waals surface area contributed by atoms with Crippen molar-refractivity contribution in [2.24, 2.45) is 4.99 Å². The van der Waals surface area contributed by atoms with E-state index < -0.39 is 0 Å². The Balaban J connectivity index is 2.02. The molecular formula is C17H36N4O. The average molecular weight is 313 g/mol. The van der Waals surface area contributed by atoms with Crippen LogP contribution in [0.4, 0.5) is 0 Å². The summed E-state index contributed by atoms with van der Waals surface area (Å²) >= 11 is 0. The Morgan fingerprint density at radius 1 is 1.18 bits per heavy atom. The average Bonchev–Trinajstić information content (AvgIpc) is 2.54. The molecule has 0 bridgehead atoms. The predicted molar refractivity (Wildman–Crippen MR) is 94.6 cm³/mol. The molecule has 2 N–H and O–H groups in total. The van der Waals surface area contributed by atoms with Crippen molar-refractivity contribution < 1.29 is 4.74 Å². The molecule has 0 aromatic heterocycles. The van der Waals surface area contributed by atoms with Crippen molar-refractivity contribution in [3.05, 3.63) is 0 Å². The number of aliphatic imine (C=N–C) groups is 1. The van der Waals surface area contributed by atoms with Gasteiger partial charge in [-0.15, -0.1) is 0 Å². The number of ether oxygens (including phenoxy) is 1. The highest BCUT2D eigenvalue weighted by molar-refractivity contribution is 5.79. The number of nitrogens with zero attached hydrogens (tertiary/aromatic N) is 2. The van der Waals surface area contributed by atoms with Gasteiger partial charge >= 0.3 is 0 Å². The summed E-state index contributed by atoms with van der Waals surface area (Å²) in [5.74, 6) is 0.901. The van der Waals surface area contributed by atoms with Gasteiger partial charge in [0.2, 0.25) is 0 Å². The zero-order valence-corrected chi connectivity index (χ0v) is 14.9. The maximum absolute atomic E-state index is 5.55. The fourth-order valence-electron chi connectivity index (χ4n) is 2.76. The molecule has 0 spiro atoms. The number of likely N-dealkylation sites (tertiary alicyclic amines) is 1. The first-order valence-electron chi connectivity index (χ1n) is 9.04. The van der Waals surface area contributed by atoms with Crippen LogP contribution in [0.5, 0.6) is 0 Å². The fraction of sp³-hybridized carbons (Fsp3) is 0.941. The SMILES string of the molecule is CCCCOCCCNC(=NC)NCCN1CCCCC1C. The zero-order valence-electron chi connectivity index (χ0n) is 14.9. The second kappa shape index (κ2) is 12.7. The zero-order chi connectivity index (χ0) is 16.0. The van der Waals surface area contributed by atoms with Crippen LogP contribution in [-0.2, 0) is 4.74 Å². The van der Waals surface area contributed by atoms with Crippen LogP contribution in [-0.4, -0.2) is 63.3 Å². The number of hydrogen-bond donors (Lipinski definition) is 2. The standard InChI is InChI=1S/C17H36N4O/c1-4-5-14-22-15-8-10-19-17(18-3)20-11-13-21-12-7-6-9-16(21)2/h16H,4-15H2,1-3H3,(H2,18,19,20). The molecule has 0 amide bonds. The minimum absolute atomic E-state index is 0.728. The summed E-state index contributed by atoms with van der Waals surface area (Å²) in [6.45, 7) is 10.4. The van der Waals surface area contributed by atoms with Crippen LogP contribution >= 0.6 is 0 Å². The molecule has 1 saturated heterocycles. The molecule has 1 rings (SSSR count). The highest BCUT2D eigenvalue weighted by atomic mass is 16.5. The van der Waals surface area contributed by atoms with Crippen molar-refractivity contribution in [1.29, 1.82) is 0 Å². The van der Waals surface area contributed by atoms with Crippen LogP contribution in [0, 0.1) is 0 Å². The second-order valence-electron chi connectivity index (χ2n) is 6.13. The van der Waals surface area contributed by atoms with Gasteiger partial charge in [0, 0.05) is 45.9 Å². The molecular weight excluding hydrogens is 276 g/mol. The minimum Gasteiger partial charge on any atom is -0.381 e. The molecule has 1 aliphatic heterocycles. The van der Waals surface area contributed by atoms with E-state index in [4.69, 9.17) is 4.74 Å². The maximum atomic E-state index is 5.55. The lowest BCUT2D eigenvalue weighted by atomic mass is 10.0. The van der Waals surface area contributed by atoms with Gasteiger partial charge in [0.25, 0.3) is 0 Å². The van der Waals surface area contributed by atoms with Crippen LogP contribution < -0.4 is 10.6 Å². The molecule has 1 fully saturated rings. The van der Waals surface area contributed by atoms with Gasteiger partial charge in [-0.05, 0) is 39.2 Å². The summed E-state index contributed by atoms with van der Waals surface area (Å²) in [4.78, 5) is 6.85. The lowest BCUT2D eigenvalue weighted by Gasteiger charge is -2.33.